The van der Waals surface area contributed by atoms with E-state index in [1.807, 2.05) is 65.7 Å². The summed E-state index contributed by atoms with van der Waals surface area (Å²) in [4.78, 5) is 5.09. The van der Waals surface area contributed by atoms with Crippen molar-refractivity contribution in [2.45, 2.75) is 6.10 Å². The van der Waals surface area contributed by atoms with Crippen LogP contribution in [-0.4, -0.2) is 47.6 Å². The lowest BCUT2D eigenvalue weighted by molar-refractivity contribution is 0.112. The summed E-state index contributed by atoms with van der Waals surface area (Å²) in [5, 5.41) is 20.6. The molecule has 1 heterocycles. The Kier molecular flexibility index (Phi) is 5.36. The van der Waals surface area contributed by atoms with Crippen LogP contribution in [-0.2, 0) is 0 Å². The third-order valence-electron chi connectivity index (χ3n) is 3.91. The second kappa shape index (κ2) is 7.86. The highest BCUT2D eigenvalue weighted by Gasteiger charge is 2.13. The van der Waals surface area contributed by atoms with E-state index in [9.17, 15) is 10.2 Å². The van der Waals surface area contributed by atoms with E-state index in [4.69, 9.17) is 4.74 Å². The van der Waals surface area contributed by atoms with Gasteiger partial charge in [0.1, 0.15) is 18.5 Å². The van der Waals surface area contributed by atoms with E-state index in [1.165, 1.54) is 0 Å². The molecule has 126 valence electrons. The van der Waals surface area contributed by atoms with Gasteiger partial charge in [-0.05, 0) is 30.3 Å². The van der Waals surface area contributed by atoms with E-state index in [1.54, 1.807) is 0 Å². The predicted molar refractivity (Wildman–Crippen MR) is 95.5 cm³/mol. The van der Waals surface area contributed by atoms with Crippen LogP contribution >= 0.6 is 0 Å². The molecule has 0 aliphatic heterocycles. The SMILES string of the molecule is OCCN(CC(O)COc1cccc2[nH]ccc12)c1ccccc1. The highest BCUT2D eigenvalue weighted by molar-refractivity contribution is 5.85. The molecule has 3 rings (SSSR count). The van der Waals surface area contributed by atoms with Crippen molar-refractivity contribution in [2.75, 3.05) is 31.2 Å². The molecule has 0 radical (unpaired) electrons. The Balaban J connectivity index is 1.62. The van der Waals surface area contributed by atoms with Gasteiger partial charge in [0, 0.05) is 35.9 Å². The predicted octanol–water partition coefficient (Wildman–Crippen LogP) is 2.41. The fourth-order valence-corrected chi connectivity index (χ4v) is 2.76. The quantitative estimate of drug-likeness (QED) is 0.595. The number of nitrogens with one attached hydrogen (secondary N) is 1. The van der Waals surface area contributed by atoms with Crippen LogP contribution in [0.4, 0.5) is 5.69 Å². The second-order valence-electron chi connectivity index (χ2n) is 5.67. The zero-order chi connectivity index (χ0) is 16.8. The van der Waals surface area contributed by atoms with Crippen molar-refractivity contribution < 1.29 is 14.9 Å². The number of rotatable bonds is 8. The number of aromatic nitrogens is 1. The molecule has 3 N–H and O–H groups in total. The minimum absolute atomic E-state index is 0.0329. The van der Waals surface area contributed by atoms with E-state index in [0.29, 0.717) is 13.1 Å². The van der Waals surface area contributed by atoms with E-state index < -0.39 is 6.10 Å². The van der Waals surface area contributed by atoms with Gasteiger partial charge in [-0.2, -0.15) is 0 Å². The summed E-state index contributed by atoms with van der Waals surface area (Å²) >= 11 is 0. The number of aliphatic hydroxyl groups excluding tert-OH is 2. The number of hydrogen-bond donors (Lipinski definition) is 3. The first kappa shape index (κ1) is 16.4. The fraction of sp³-hybridized carbons (Fsp3) is 0.263. The summed E-state index contributed by atoms with van der Waals surface area (Å²) in [6.07, 6.45) is 1.21. The van der Waals surface area contributed by atoms with Gasteiger partial charge in [-0.15, -0.1) is 0 Å². The van der Waals surface area contributed by atoms with Crippen LogP contribution in [0.3, 0.4) is 0 Å². The highest BCUT2D eigenvalue weighted by Crippen LogP contribution is 2.24. The van der Waals surface area contributed by atoms with Crippen LogP contribution in [0.5, 0.6) is 5.75 Å². The van der Waals surface area contributed by atoms with Crippen molar-refractivity contribution >= 4 is 16.6 Å². The van der Waals surface area contributed by atoms with Crippen molar-refractivity contribution in [1.29, 1.82) is 0 Å². The monoisotopic (exact) mass is 326 g/mol. The highest BCUT2D eigenvalue weighted by atomic mass is 16.5. The number of H-pyrrole nitrogens is 1. The lowest BCUT2D eigenvalue weighted by Gasteiger charge is -2.26. The third-order valence-corrected chi connectivity index (χ3v) is 3.91. The van der Waals surface area contributed by atoms with Crippen molar-refractivity contribution in [2.24, 2.45) is 0 Å². The molecule has 5 nitrogen and oxygen atoms in total. The Bertz CT molecular complexity index is 757. The topological polar surface area (TPSA) is 68.7 Å². The van der Waals surface area contributed by atoms with E-state index in [2.05, 4.69) is 4.98 Å². The second-order valence-corrected chi connectivity index (χ2v) is 5.67. The molecule has 0 bridgehead atoms. The van der Waals surface area contributed by atoms with Crippen LogP contribution in [0.1, 0.15) is 0 Å². The summed E-state index contributed by atoms with van der Waals surface area (Å²) in [6.45, 7) is 1.09. The molecule has 1 aromatic heterocycles. The van der Waals surface area contributed by atoms with Gasteiger partial charge in [-0.25, -0.2) is 0 Å². The third kappa shape index (κ3) is 3.88. The first-order valence-electron chi connectivity index (χ1n) is 8.06. The maximum atomic E-state index is 10.3. The van der Waals surface area contributed by atoms with Crippen LogP contribution in [0.15, 0.2) is 60.8 Å². The Morgan fingerprint density at radius 3 is 2.67 bits per heavy atom. The van der Waals surface area contributed by atoms with E-state index in [0.717, 1.165) is 22.3 Å². The minimum Gasteiger partial charge on any atom is -0.490 e. The van der Waals surface area contributed by atoms with Crippen molar-refractivity contribution in [3.05, 3.63) is 60.8 Å². The van der Waals surface area contributed by atoms with Crippen molar-refractivity contribution in [3.8, 4) is 5.75 Å². The Morgan fingerprint density at radius 1 is 1.04 bits per heavy atom. The van der Waals surface area contributed by atoms with Gasteiger partial charge in [-0.1, -0.05) is 24.3 Å². The van der Waals surface area contributed by atoms with Gasteiger partial charge in [0.25, 0.3) is 0 Å². The molecule has 0 aliphatic carbocycles. The maximum absolute atomic E-state index is 10.3. The molecule has 24 heavy (non-hydrogen) atoms. The number of ether oxygens (including phenoxy) is 1. The molecular weight excluding hydrogens is 304 g/mol. The molecular formula is C19H22N2O3. The van der Waals surface area contributed by atoms with E-state index in [-0.39, 0.29) is 13.2 Å². The number of aromatic amines is 1. The summed E-state index contributed by atoms with van der Waals surface area (Å²) in [5.41, 5.74) is 1.98. The zero-order valence-electron chi connectivity index (χ0n) is 13.4. The van der Waals surface area contributed by atoms with Crippen LogP contribution in [0, 0.1) is 0 Å². The lowest BCUT2D eigenvalue weighted by atomic mass is 10.2. The number of nitrogens with zero attached hydrogens (tertiary/aromatic N) is 1. The smallest absolute Gasteiger partial charge is 0.128 e. The molecule has 0 fully saturated rings. The number of anilines is 1. The van der Waals surface area contributed by atoms with Crippen LogP contribution in [0.2, 0.25) is 0 Å². The molecule has 0 aliphatic rings. The number of benzene rings is 2. The van der Waals surface area contributed by atoms with Gasteiger partial charge < -0.3 is 24.8 Å². The van der Waals surface area contributed by atoms with Gasteiger partial charge in [0.2, 0.25) is 0 Å². The molecule has 5 heteroatoms. The lowest BCUT2D eigenvalue weighted by Crippen LogP contribution is -2.37. The molecule has 1 atom stereocenters. The maximum Gasteiger partial charge on any atom is 0.128 e. The molecule has 2 aromatic carbocycles. The number of aliphatic hydroxyl groups is 2. The Morgan fingerprint density at radius 2 is 1.88 bits per heavy atom. The molecule has 3 aromatic rings. The van der Waals surface area contributed by atoms with Crippen molar-refractivity contribution in [3.63, 3.8) is 0 Å². The average Bonchev–Trinajstić information content (AvgIpc) is 3.09. The first-order chi connectivity index (χ1) is 11.8. The fourth-order valence-electron chi connectivity index (χ4n) is 2.76. The largest absolute Gasteiger partial charge is 0.490 e. The number of hydrogen-bond acceptors (Lipinski definition) is 4. The standard InChI is InChI=1S/C19H22N2O3/c22-12-11-21(15-5-2-1-3-6-15)13-16(23)14-24-19-8-4-7-18-17(19)9-10-20-18/h1-10,16,20,22-23H,11-14H2. The Hall–Kier alpha value is -2.50. The van der Waals surface area contributed by atoms with Crippen molar-refractivity contribution in [1.82, 2.24) is 4.98 Å². The summed E-state index contributed by atoms with van der Waals surface area (Å²) in [5.74, 6) is 0.751. The van der Waals surface area contributed by atoms with Gasteiger partial charge in [-0.3, -0.25) is 0 Å². The molecule has 0 saturated carbocycles. The summed E-state index contributed by atoms with van der Waals surface area (Å²) in [7, 11) is 0. The number of fused-ring (bicyclic) bond motifs is 1. The minimum atomic E-state index is -0.661. The first-order valence-corrected chi connectivity index (χ1v) is 8.06. The van der Waals surface area contributed by atoms with Crippen LogP contribution in [0.25, 0.3) is 10.9 Å². The van der Waals surface area contributed by atoms with E-state index >= 15 is 0 Å². The van der Waals surface area contributed by atoms with Gasteiger partial charge in [0.05, 0.1) is 6.61 Å². The molecule has 1 unspecified atom stereocenters. The summed E-state index contributed by atoms with van der Waals surface area (Å²) < 4.78 is 5.80. The van der Waals surface area contributed by atoms with Gasteiger partial charge in [0.15, 0.2) is 0 Å². The number of para-hydroxylation sites is 1. The molecule has 0 spiro atoms. The van der Waals surface area contributed by atoms with Crippen LogP contribution < -0.4 is 9.64 Å². The normalized spacial score (nSPS) is 12.2. The zero-order valence-corrected chi connectivity index (χ0v) is 13.4. The molecule has 0 saturated heterocycles. The summed E-state index contributed by atoms with van der Waals surface area (Å²) in [6, 6.07) is 17.5. The average molecular weight is 326 g/mol. The van der Waals surface area contributed by atoms with Gasteiger partial charge >= 0.3 is 0 Å². The molecule has 0 amide bonds. The Labute approximate surface area is 141 Å².